The minimum atomic E-state index is -0.325. The van der Waals surface area contributed by atoms with Gasteiger partial charge in [-0.1, -0.05) is 29.8 Å². The summed E-state index contributed by atoms with van der Waals surface area (Å²) in [6.45, 7) is 4.16. The average Bonchev–Trinajstić information content (AvgIpc) is 2.37. The Morgan fingerprint density at radius 3 is 2.53 bits per heavy atom. The monoisotopic (exact) mass is 323 g/mol. The lowest BCUT2D eigenvalue weighted by Gasteiger charge is -2.20. The highest BCUT2D eigenvalue weighted by Gasteiger charge is 2.19. The molecule has 0 aliphatic rings. The highest BCUT2D eigenvalue weighted by molar-refractivity contribution is 9.10. The fraction of sp³-hybridized carbons (Fsp3) is 0.429. The van der Waals surface area contributed by atoms with Crippen molar-refractivity contribution in [2.45, 2.75) is 26.3 Å². The lowest BCUT2D eigenvalue weighted by atomic mass is 10.0. The Morgan fingerprint density at radius 1 is 1.37 bits per heavy atom. The van der Waals surface area contributed by atoms with E-state index >= 15 is 0 Å². The van der Waals surface area contributed by atoms with Gasteiger partial charge >= 0.3 is 0 Å². The van der Waals surface area contributed by atoms with Crippen LogP contribution in [0.2, 0.25) is 0 Å². The summed E-state index contributed by atoms with van der Waals surface area (Å²) >= 11 is 3.37. The van der Waals surface area contributed by atoms with Crippen LogP contribution in [0.15, 0.2) is 28.7 Å². The van der Waals surface area contributed by atoms with Crippen LogP contribution in [0.25, 0.3) is 0 Å². The van der Waals surface area contributed by atoms with Crippen molar-refractivity contribution in [3.8, 4) is 6.07 Å². The van der Waals surface area contributed by atoms with Crippen molar-refractivity contribution in [3.63, 3.8) is 0 Å². The average molecular weight is 324 g/mol. The smallest absolute Gasteiger partial charge is 0.243 e. The van der Waals surface area contributed by atoms with Gasteiger partial charge in [0.05, 0.1) is 6.07 Å². The van der Waals surface area contributed by atoms with Gasteiger partial charge in [0.2, 0.25) is 5.91 Å². The number of benzene rings is 1. The molecule has 0 aliphatic carbocycles. The van der Waals surface area contributed by atoms with Crippen LogP contribution in [0, 0.1) is 17.2 Å². The first-order valence-corrected chi connectivity index (χ1v) is 6.99. The Balaban J connectivity index is 2.71. The summed E-state index contributed by atoms with van der Waals surface area (Å²) in [5, 5.41) is 14.3. The fourth-order valence-corrected chi connectivity index (χ4v) is 1.96. The number of nitrogens with zero attached hydrogens (tertiary/aromatic N) is 1. The Labute approximate surface area is 122 Å². The standard InChI is InChI=1S/C14H18BrN3O/c1-10(2)9-13(14(19)17-8-7-16)18-12-5-3-11(15)4-6-12/h3-6,10,13,18H,8-9H2,1-2H3,(H,17,19). The van der Waals surface area contributed by atoms with Gasteiger partial charge in [0.15, 0.2) is 0 Å². The number of halogens is 1. The first kappa shape index (κ1) is 15.5. The lowest BCUT2D eigenvalue weighted by molar-refractivity contribution is -0.121. The predicted molar refractivity (Wildman–Crippen MR) is 79.6 cm³/mol. The highest BCUT2D eigenvalue weighted by Crippen LogP contribution is 2.17. The van der Waals surface area contributed by atoms with Crippen molar-refractivity contribution in [1.29, 1.82) is 5.26 Å². The predicted octanol–water partition coefficient (Wildman–Crippen LogP) is 2.92. The number of rotatable bonds is 6. The van der Waals surface area contributed by atoms with Gasteiger partial charge in [-0.3, -0.25) is 4.79 Å². The summed E-state index contributed by atoms with van der Waals surface area (Å²) in [5.41, 5.74) is 0.890. The molecule has 1 atom stereocenters. The SMILES string of the molecule is CC(C)CC(Nc1ccc(Br)cc1)C(=O)NCC#N. The van der Waals surface area contributed by atoms with Crippen molar-refractivity contribution < 1.29 is 4.79 Å². The van der Waals surface area contributed by atoms with E-state index in [4.69, 9.17) is 5.26 Å². The molecule has 1 aromatic carbocycles. The molecule has 1 unspecified atom stereocenters. The number of hydrogen-bond donors (Lipinski definition) is 2. The zero-order valence-corrected chi connectivity index (χ0v) is 12.7. The summed E-state index contributed by atoms with van der Waals surface area (Å²) in [5.74, 6) is 0.249. The Morgan fingerprint density at radius 2 is 2.00 bits per heavy atom. The molecule has 0 saturated carbocycles. The molecule has 19 heavy (non-hydrogen) atoms. The molecular weight excluding hydrogens is 306 g/mol. The quantitative estimate of drug-likeness (QED) is 0.791. The van der Waals surface area contributed by atoms with Crippen molar-refractivity contribution >= 4 is 27.5 Å². The van der Waals surface area contributed by atoms with Crippen molar-refractivity contribution in [2.75, 3.05) is 11.9 Å². The van der Waals surface area contributed by atoms with Crippen molar-refractivity contribution in [3.05, 3.63) is 28.7 Å². The Hall–Kier alpha value is -1.54. The van der Waals surface area contributed by atoms with Crippen LogP contribution < -0.4 is 10.6 Å². The molecule has 0 saturated heterocycles. The van der Waals surface area contributed by atoms with E-state index in [1.165, 1.54) is 0 Å². The topological polar surface area (TPSA) is 64.9 Å². The maximum absolute atomic E-state index is 12.0. The van der Waals surface area contributed by atoms with Gasteiger partial charge in [-0.25, -0.2) is 0 Å². The maximum Gasteiger partial charge on any atom is 0.243 e. The van der Waals surface area contributed by atoms with Crippen molar-refractivity contribution in [2.24, 2.45) is 5.92 Å². The zero-order chi connectivity index (χ0) is 14.3. The van der Waals surface area contributed by atoms with E-state index in [1.807, 2.05) is 30.3 Å². The summed E-state index contributed by atoms with van der Waals surface area (Å²) < 4.78 is 0.993. The number of amides is 1. The Kier molecular flexibility index (Phi) is 6.37. The van der Waals surface area contributed by atoms with Crippen LogP contribution in [0.5, 0.6) is 0 Å². The van der Waals surface area contributed by atoms with E-state index in [-0.39, 0.29) is 18.5 Å². The van der Waals surface area contributed by atoms with E-state index < -0.39 is 0 Å². The number of carbonyl (C=O) groups is 1. The Bertz CT molecular complexity index is 451. The fourth-order valence-electron chi connectivity index (χ4n) is 1.70. The molecule has 0 bridgehead atoms. The summed E-state index contributed by atoms with van der Waals surface area (Å²) in [4.78, 5) is 12.0. The molecule has 0 aromatic heterocycles. The molecule has 0 aliphatic heterocycles. The molecule has 1 aromatic rings. The molecule has 0 spiro atoms. The summed E-state index contributed by atoms with van der Waals surface area (Å²) in [7, 11) is 0. The molecule has 0 heterocycles. The molecule has 2 N–H and O–H groups in total. The van der Waals surface area contributed by atoms with Crippen LogP contribution >= 0.6 is 15.9 Å². The van der Waals surface area contributed by atoms with Crippen LogP contribution in [-0.4, -0.2) is 18.5 Å². The minimum Gasteiger partial charge on any atom is -0.374 e. The van der Waals surface area contributed by atoms with E-state index in [0.717, 1.165) is 10.2 Å². The maximum atomic E-state index is 12.0. The van der Waals surface area contributed by atoms with E-state index in [1.54, 1.807) is 0 Å². The van der Waals surface area contributed by atoms with E-state index in [0.29, 0.717) is 12.3 Å². The summed E-state index contributed by atoms with van der Waals surface area (Å²) in [6.07, 6.45) is 0.716. The number of nitriles is 1. The third-order valence-electron chi connectivity index (χ3n) is 2.55. The number of nitrogens with one attached hydrogen (secondary N) is 2. The van der Waals surface area contributed by atoms with Gasteiger partial charge in [-0.05, 0) is 36.6 Å². The molecule has 1 amide bonds. The van der Waals surface area contributed by atoms with Crippen LogP contribution in [-0.2, 0) is 4.79 Å². The molecule has 5 heteroatoms. The second kappa shape index (κ2) is 7.80. The minimum absolute atomic E-state index is 0.0371. The van der Waals surface area contributed by atoms with E-state index in [9.17, 15) is 4.79 Å². The lowest BCUT2D eigenvalue weighted by Crippen LogP contribution is -2.40. The molecular formula is C14H18BrN3O. The van der Waals surface area contributed by atoms with Gasteiger partial charge in [-0.2, -0.15) is 5.26 Å². The second-order valence-electron chi connectivity index (χ2n) is 4.71. The second-order valence-corrected chi connectivity index (χ2v) is 5.62. The van der Waals surface area contributed by atoms with Gasteiger partial charge in [-0.15, -0.1) is 0 Å². The molecule has 4 nitrogen and oxygen atoms in total. The first-order valence-electron chi connectivity index (χ1n) is 6.19. The largest absolute Gasteiger partial charge is 0.374 e. The van der Waals surface area contributed by atoms with Crippen LogP contribution in [0.1, 0.15) is 20.3 Å². The summed E-state index contributed by atoms with van der Waals surface area (Å²) in [6, 6.07) is 9.25. The first-order chi connectivity index (χ1) is 9.02. The third-order valence-corrected chi connectivity index (χ3v) is 3.08. The normalized spacial score (nSPS) is 11.7. The highest BCUT2D eigenvalue weighted by atomic mass is 79.9. The van der Waals surface area contributed by atoms with E-state index in [2.05, 4.69) is 40.4 Å². The molecule has 1 rings (SSSR count). The van der Waals surface area contributed by atoms with Gasteiger partial charge < -0.3 is 10.6 Å². The molecule has 0 radical (unpaired) electrons. The number of hydrogen-bond acceptors (Lipinski definition) is 3. The van der Waals surface area contributed by atoms with Gasteiger partial charge in [0.1, 0.15) is 12.6 Å². The van der Waals surface area contributed by atoms with Gasteiger partial charge in [0.25, 0.3) is 0 Å². The number of carbonyl (C=O) groups excluding carboxylic acids is 1. The van der Waals surface area contributed by atoms with Gasteiger partial charge in [0, 0.05) is 10.2 Å². The van der Waals surface area contributed by atoms with Crippen molar-refractivity contribution in [1.82, 2.24) is 5.32 Å². The number of anilines is 1. The molecule has 102 valence electrons. The van der Waals surface area contributed by atoms with Crippen LogP contribution in [0.3, 0.4) is 0 Å². The molecule has 0 fully saturated rings. The third kappa shape index (κ3) is 5.75. The zero-order valence-electron chi connectivity index (χ0n) is 11.1. The van der Waals surface area contributed by atoms with Crippen LogP contribution in [0.4, 0.5) is 5.69 Å².